The van der Waals surface area contributed by atoms with Gasteiger partial charge in [0.25, 0.3) is 5.91 Å². The number of pyridine rings is 1. The zero-order valence-corrected chi connectivity index (χ0v) is 12.6. The Balaban J connectivity index is 1.69. The molecule has 5 nitrogen and oxygen atoms in total. The van der Waals surface area contributed by atoms with E-state index in [4.69, 9.17) is 0 Å². The Morgan fingerprint density at radius 3 is 2.87 bits per heavy atom. The van der Waals surface area contributed by atoms with E-state index in [9.17, 15) is 4.79 Å². The molecule has 2 aromatic heterocycles. The number of para-hydroxylation sites is 1. The number of carbonyl (C=O) groups is 1. The van der Waals surface area contributed by atoms with Crippen LogP contribution in [0.15, 0.2) is 61.1 Å². The summed E-state index contributed by atoms with van der Waals surface area (Å²) in [5.74, 6) is -0.0637. The molecular weight excluding hydrogens is 288 g/mol. The second-order valence-corrected chi connectivity index (χ2v) is 5.54. The zero-order valence-electron chi connectivity index (χ0n) is 12.6. The number of amides is 1. The fourth-order valence-electron chi connectivity index (χ4n) is 2.98. The molecule has 0 fully saturated rings. The maximum atomic E-state index is 12.9. The maximum Gasteiger partial charge on any atom is 0.276 e. The van der Waals surface area contributed by atoms with Gasteiger partial charge in [-0.1, -0.05) is 18.2 Å². The van der Waals surface area contributed by atoms with Crippen LogP contribution < -0.4 is 4.90 Å². The molecule has 1 aromatic carbocycles. The van der Waals surface area contributed by atoms with Crippen molar-refractivity contribution in [3.05, 3.63) is 72.3 Å². The number of carbonyl (C=O) groups excluding carboxylic acids is 1. The molecule has 3 heterocycles. The van der Waals surface area contributed by atoms with E-state index in [1.54, 1.807) is 23.1 Å². The first-order valence-corrected chi connectivity index (χ1v) is 7.69. The van der Waals surface area contributed by atoms with Crippen molar-refractivity contribution in [1.82, 2.24) is 14.8 Å². The lowest BCUT2D eigenvalue weighted by Crippen LogP contribution is -2.36. The Hall–Kier alpha value is -2.95. The van der Waals surface area contributed by atoms with Gasteiger partial charge in [-0.25, -0.2) is 4.68 Å². The molecule has 0 aliphatic carbocycles. The van der Waals surface area contributed by atoms with Gasteiger partial charge in [0.2, 0.25) is 0 Å². The summed E-state index contributed by atoms with van der Waals surface area (Å²) in [6.45, 7) is 0.726. The van der Waals surface area contributed by atoms with Gasteiger partial charge < -0.3 is 4.90 Å². The Labute approximate surface area is 134 Å². The molecule has 0 bridgehead atoms. The first kappa shape index (κ1) is 13.7. The van der Waals surface area contributed by atoms with Crippen LogP contribution >= 0.6 is 0 Å². The van der Waals surface area contributed by atoms with Crippen LogP contribution in [0.25, 0.3) is 5.69 Å². The fourth-order valence-corrected chi connectivity index (χ4v) is 2.98. The van der Waals surface area contributed by atoms with E-state index in [0.717, 1.165) is 30.8 Å². The van der Waals surface area contributed by atoms with Crippen LogP contribution in [0.5, 0.6) is 0 Å². The van der Waals surface area contributed by atoms with Crippen LogP contribution in [0.3, 0.4) is 0 Å². The summed E-state index contributed by atoms with van der Waals surface area (Å²) in [6, 6.07) is 13.6. The van der Waals surface area contributed by atoms with Crippen LogP contribution in [0.2, 0.25) is 0 Å². The molecular formula is C18H16N4O. The standard InChI is InChI=1S/C18H16N4O/c23-18(21-11-3-6-14-5-1-2-7-17(14)21)16-13-15(8-10-19-16)22-12-4-9-20-22/h1-2,4-5,7-10,12-13H,3,6,11H2. The van der Waals surface area contributed by atoms with Crippen molar-refractivity contribution >= 4 is 11.6 Å². The third-order valence-electron chi connectivity index (χ3n) is 4.09. The molecule has 23 heavy (non-hydrogen) atoms. The number of anilines is 1. The number of aromatic nitrogens is 3. The van der Waals surface area contributed by atoms with Gasteiger partial charge in [-0.15, -0.1) is 0 Å². The second kappa shape index (κ2) is 5.68. The van der Waals surface area contributed by atoms with E-state index in [1.165, 1.54) is 5.56 Å². The van der Waals surface area contributed by atoms with Gasteiger partial charge in [0.05, 0.1) is 5.69 Å². The molecule has 0 saturated heterocycles. The fraction of sp³-hybridized carbons (Fsp3) is 0.167. The smallest absolute Gasteiger partial charge is 0.276 e. The van der Waals surface area contributed by atoms with E-state index >= 15 is 0 Å². The quantitative estimate of drug-likeness (QED) is 0.731. The third kappa shape index (κ3) is 2.50. The highest BCUT2D eigenvalue weighted by Gasteiger charge is 2.24. The van der Waals surface area contributed by atoms with Crippen molar-refractivity contribution < 1.29 is 4.79 Å². The molecule has 0 spiro atoms. The highest BCUT2D eigenvalue weighted by atomic mass is 16.2. The molecule has 3 aromatic rings. The molecule has 0 atom stereocenters. The lowest BCUT2D eigenvalue weighted by atomic mass is 10.0. The van der Waals surface area contributed by atoms with Gasteiger partial charge in [0.15, 0.2) is 0 Å². The SMILES string of the molecule is O=C(c1cc(-n2cccn2)ccn1)N1CCCc2ccccc21. The minimum absolute atomic E-state index is 0.0637. The number of hydrogen-bond donors (Lipinski definition) is 0. The van der Waals surface area contributed by atoms with Gasteiger partial charge in [-0.3, -0.25) is 9.78 Å². The maximum absolute atomic E-state index is 12.9. The number of fused-ring (bicyclic) bond motifs is 1. The monoisotopic (exact) mass is 304 g/mol. The molecule has 1 aliphatic rings. The van der Waals surface area contributed by atoms with Crippen LogP contribution in [0.4, 0.5) is 5.69 Å². The normalized spacial score (nSPS) is 13.7. The largest absolute Gasteiger partial charge is 0.307 e. The lowest BCUT2D eigenvalue weighted by molar-refractivity contribution is 0.0980. The average Bonchev–Trinajstić information content (AvgIpc) is 3.15. The molecule has 1 amide bonds. The highest BCUT2D eigenvalue weighted by Crippen LogP contribution is 2.27. The zero-order chi connectivity index (χ0) is 15.6. The molecule has 114 valence electrons. The number of aryl methyl sites for hydroxylation is 1. The number of benzene rings is 1. The van der Waals surface area contributed by atoms with Gasteiger partial charge >= 0.3 is 0 Å². The number of hydrogen-bond acceptors (Lipinski definition) is 3. The van der Waals surface area contributed by atoms with Crippen molar-refractivity contribution in [1.29, 1.82) is 0 Å². The summed E-state index contributed by atoms with van der Waals surface area (Å²) in [5.41, 5.74) is 3.48. The van der Waals surface area contributed by atoms with Gasteiger partial charge in [-0.2, -0.15) is 5.10 Å². The molecule has 0 unspecified atom stereocenters. The van der Waals surface area contributed by atoms with Crippen LogP contribution in [0.1, 0.15) is 22.5 Å². The van der Waals surface area contributed by atoms with Crippen LogP contribution in [0, 0.1) is 0 Å². The number of nitrogens with zero attached hydrogens (tertiary/aromatic N) is 4. The molecule has 0 saturated carbocycles. The van der Waals surface area contributed by atoms with Crippen molar-refractivity contribution in [2.45, 2.75) is 12.8 Å². The van der Waals surface area contributed by atoms with Crippen LogP contribution in [-0.2, 0) is 6.42 Å². The summed E-state index contributed by atoms with van der Waals surface area (Å²) in [7, 11) is 0. The van der Waals surface area contributed by atoms with Crippen molar-refractivity contribution in [3.63, 3.8) is 0 Å². The van der Waals surface area contributed by atoms with Gasteiger partial charge in [-0.05, 0) is 42.7 Å². The van der Waals surface area contributed by atoms with Gasteiger partial charge in [0, 0.05) is 30.8 Å². The molecule has 0 radical (unpaired) electrons. The van der Waals surface area contributed by atoms with E-state index in [0.29, 0.717) is 5.69 Å². The lowest BCUT2D eigenvalue weighted by Gasteiger charge is -2.29. The van der Waals surface area contributed by atoms with E-state index < -0.39 is 0 Å². The molecule has 1 aliphatic heterocycles. The second-order valence-electron chi connectivity index (χ2n) is 5.54. The van der Waals surface area contributed by atoms with E-state index in [1.807, 2.05) is 41.4 Å². The Bertz CT molecular complexity index is 842. The van der Waals surface area contributed by atoms with Crippen molar-refractivity contribution in [2.24, 2.45) is 0 Å². The van der Waals surface area contributed by atoms with Crippen molar-refractivity contribution in [3.8, 4) is 5.69 Å². The molecule has 0 N–H and O–H groups in total. The highest BCUT2D eigenvalue weighted by molar-refractivity contribution is 6.05. The summed E-state index contributed by atoms with van der Waals surface area (Å²) >= 11 is 0. The van der Waals surface area contributed by atoms with Crippen molar-refractivity contribution in [2.75, 3.05) is 11.4 Å². The summed E-state index contributed by atoms with van der Waals surface area (Å²) in [6.07, 6.45) is 7.20. The predicted molar refractivity (Wildman–Crippen MR) is 87.8 cm³/mol. The predicted octanol–water partition coefficient (Wildman–Crippen LogP) is 2.86. The molecule has 4 rings (SSSR count). The Morgan fingerprint density at radius 1 is 1.09 bits per heavy atom. The summed E-state index contributed by atoms with van der Waals surface area (Å²) < 4.78 is 1.72. The first-order valence-electron chi connectivity index (χ1n) is 7.69. The summed E-state index contributed by atoms with van der Waals surface area (Å²) in [5, 5.41) is 4.20. The van der Waals surface area contributed by atoms with E-state index in [-0.39, 0.29) is 5.91 Å². The first-order chi connectivity index (χ1) is 11.3. The minimum atomic E-state index is -0.0637. The Morgan fingerprint density at radius 2 is 2.00 bits per heavy atom. The summed E-state index contributed by atoms with van der Waals surface area (Å²) in [4.78, 5) is 19.0. The number of rotatable bonds is 2. The van der Waals surface area contributed by atoms with E-state index in [2.05, 4.69) is 16.1 Å². The third-order valence-corrected chi connectivity index (χ3v) is 4.09. The van der Waals surface area contributed by atoms with Gasteiger partial charge in [0.1, 0.15) is 5.69 Å². The molecule has 5 heteroatoms. The Kier molecular flexibility index (Phi) is 3.38. The van der Waals surface area contributed by atoms with Crippen LogP contribution in [-0.4, -0.2) is 27.2 Å². The minimum Gasteiger partial charge on any atom is -0.307 e. The average molecular weight is 304 g/mol. The topological polar surface area (TPSA) is 51.0 Å².